The zero-order chi connectivity index (χ0) is 20.6. The molecule has 0 radical (unpaired) electrons. The summed E-state index contributed by atoms with van der Waals surface area (Å²) in [5.41, 5.74) is 1.68. The summed E-state index contributed by atoms with van der Waals surface area (Å²) in [7, 11) is 0. The number of rotatable bonds is 6. The van der Waals surface area contributed by atoms with Gasteiger partial charge in [-0.1, -0.05) is 30.3 Å². The van der Waals surface area contributed by atoms with E-state index in [1.54, 1.807) is 34.1 Å². The molecule has 0 bridgehead atoms. The number of ether oxygens (including phenoxy) is 1. The van der Waals surface area contributed by atoms with Crippen LogP contribution < -0.4 is 10.1 Å². The summed E-state index contributed by atoms with van der Waals surface area (Å²) in [4.78, 5) is 39.1. The summed E-state index contributed by atoms with van der Waals surface area (Å²) in [6.07, 6.45) is -0.216. The Balaban J connectivity index is 1.43. The molecule has 2 aromatic carbocycles. The number of benzene rings is 2. The lowest BCUT2D eigenvalue weighted by Crippen LogP contribution is -2.50. The summed E-state index contributed by atoms with van der Waals surface area (Å²) >= 11 is 0. The van der Waals surface area contributed by atoms with Crippen molar-refractivity contribution in [3.63, 3.8) is 0 Å². The number of hydrogen-bond donors (Lipinski definition) is 1. The molecule has 29 heavy (non-hydrogen) atoms. The molecular formula is C22H25N3O4. The molecule has 1 aliphatic rings. The van der Waals surface area contributed by atoms with E-state index in [1.807, 2.05) is 30.3 Å². The third-order valence-corrected chi connectivity index (χ3v) is 4.78. The van der Waals surface area contributed by atoms with Crippen molar-refractivity contribution in [2.45, 2.75) is 20.0 Å². The van der Waals surface area contributed by atoms with Gasteiger partial charge in [0.1, 0.15) is 18.8 Å². The molecule has 0 aliphatic carbocycles. The van der Waals surface area contributed by atoms with Crippen LogP contribution in [-0.2, 0) is 21.0 Å². The number of carbonyl (C=O) groups is 3. The van der Waals surface area contributed by atoms with E-state index in [1.165, 1.54) is 6.92 Å². The molecule has 1 heterocycles. The summed E-state index contributed by atoms with van der Waals surface area (Å²) in [5, 5.41) is 2.73. The molecule has 0 aromatic heterocycles. The highest BCUT2D eigenvalue weighted by Gasteiger charge is 2.23. The predicted octanol–water partition coefficient (Wildman–Crippen LogP) is 2.28. The Hall–Kier alpha value is -3.35. The molecule has 3 amide bonds. The lowest BCUT2D eigenvalue weighted by Gasteiger charge is -2.34. The van der Waals surface area contributed by atoms with Crippen LogP contribution in [0.2, 0.25) is 0 Å². The van der Waals surface area contributed by atoms with Crippen LogP contribution in [0.5, 0.6) is 5.75 Å². The van der Waals surface area contributed by atoms with E-state index in [2.05, 4.69) is 5.32 Å². The number of anilines is 1. The van der Waals surface area contributed by atoms with Gasteiger partial charge in [0.15, 0.2) is 0 Å². The van der Waals surface area contributed by atoms with Crippen molar-refractivity contribution >= 4 is 23.4 Å². The summed E-state index contributed by atoms with van der Waals surface area (Å²) < 4.78 is 5.72. The monoisotopic (exact) mass is 395 g/mol. The van der Waals surface area contributed by atoms with E-state index in [0.29, 0.717) is 44.2 Å². The second-order valence-electron chi connectivity index (χ2n) is 6.91. The van der Waals surface area contributed by atoms with Crippen molar-refractivity contribution in [3.8, 4) is 5.75 Å². The van der Waals surface area contributed by atoms with Crippen LogP contribution in [0.1, 0.15) is 18.9 Å². The molecular weight excluding hydrogens is 370 g/mol. The Morgan fingerprint density at radius 3 is 2.14 bits per heavy atom. The van der Waals surface area contributed by atoms with Crippen LogP contribution in [-0.4, -0.2) is 53.7 Å². The Morgan fingerprint density at radius 1 is 0.897 bits per heavy atom. The number of hydrogen-bond acceptors (Lipinski definition) is 4. The molecule has 1 fully saturated rings. The largest absolute Gasteiger partial charge is 0.489 e. The van der Waals surface area contributed by atoms with Gasteiger partial charge in [0.2, 0.25) is 17.7 Å². The fraction of sp³-hybridized carbons (Fsp3) is 0.318. The molecule has 1 aliphatic heterocycles. The van der Waals surface area contributed by atoms with Crippen molar-refractivity contribution in [1.29, 1.82) is 0 Å². The maximum Gasteiger partial charge on any atom is 0.233 e. The summed E-state index contributed by atoms with van der Waals surface area (Å²) in [6, 6.07) is 16.9. The van der Waals surface area contributed by atoms with Gasteiger partial charge < -0.3 is 19.9 Å². The second-order valence-corrected chi connectivity index (χ2v) is 6.91. The van der Waals surface area contributed by atoms with Crippen LogP contribution in [0.3, 0.4) is 0 Å². The van der Waals surface area contributed by atoms with Gasteiger partial charge in [-0.2, -0.15) is 0 Å². The van der Waals surface area contributed by atoms with Crippen molar-refractivity contribution < 1.29 is 19.1 Å². The molecule has 7 heteroatoms. The third kappa shape index (κ3) is 6.07. The average molecular weight is 395 g/mol. The maximum absolute atomic E-state index is 12.3. The van der Waals surface area contributed by atoms with Crippen LogP contribution in [0, 0.1) is 0 Å². The van der Waals surface area contributed by atoms with Gasteiger partial charge >= 0.3 is 0 Å². The lowest BCUT2D eigenvalue weighted by molar-refractivity contribution is -0.140. The van der Waals surface area contributed by atoms with E-state index in [9.17, 15) is 14.4 Å². The van der Waals surface area contributed by atoms with Gasteiger partial charge in [0, 0.05) is 38.8 Å². The molecule has 0 atom stereocenters. The van der Waals surface area contributed by atoms with Gasteiger partial charge in [-0.05, 0) is 29.8 Å². The summed E-state index contributed by atoms with van der Waals surface area (Å²) in [5.74, 6) is 0.118. The standard InChI is InChI=1S/C22H25N3O4/c1-17(26)24-11-13-25(14-12-24)22(28)15-21(27)23-19-7-9-20(10-8-19)29-16-18-5-3-2-4-6-18/h2-10H,11-16H2,1H3,(H,23,27). The predicted molar refractivity (Wildman–Crippen MR) is 109 cm³/mol. The highest BCUT2D eigenvalue weighted by Crippen LogP contribution is 2.17. The Labute approximate surface area is 170 Å². The average Bonchev–Trinajstić information content (AvgIpc) is 2.74. The fourth-order valence-corrected chi connectivity index (χ4v) is 3.10. The van der Waals surface area contributed by atoms with Crippen LogP contribution >= 0.6 is 0 Å². The minimum Gasteiger partial charge on any atom is -0.489 e. The van der Waals surface area contributed by atoms with Crippen molar-refractivity contribution in [2.24, 2.45) is 0 Å². The lowest BCUT2D eigenvalue weighted by atomic mass is 10.2. The molecule has 7 nitrogen and oxygen atoms in total. The summed E-state index contributed by atoms with van der Waals surface area (Å²) in [6.45, 7) is 3.92. The fourth-order valence-electron chi connectivity index (χ4n) is 3.10. The second kappa shape index (κ2) is 9.73. The van der Waals surface area contributed by atoms with Crippen LogP contribution in [0.25, 0.3) is 0 Å². The molecule has 2 aromatic rings. The van der Waals surface area contributed by atoms with Crippen molar-refractivity contribution in [2.75, 3.05) is 31.5 Å². The minimum atomic E-state index is -0.359. The number of nitrogens with one attached hydrogen (secondary N) is 1. The first-order valence-electron chi connectivity index (χ1n) is 9.61. The minimum absolute atomic E-state index is 0.00559. The molecule has 3 rings (SSSR count). The quantitative estimate of drug-likeness (QED) is 0.761. The smallest absolute Gasteiger partial charge is 0.233 e. The molecule has 0 unspecified atom stereocenters. The van der Waals surface area contributed by atoms with Crippen molar-refractivity contribution in [3.05, 3.63) is 60.2 Å². The van der Waals surface area contributed by atoms with E-state index >= 15 is 0 Å². The first kappa shape index (κ1) is 20.4. The Morgan fingerprint density at radius 2 is 1.52 bits per heavy atom. The topological polar surface area (TPSA) is 79.0 Å². The highest BCUT2D eigenvalue weighted by molar-refractivity contribution is 6.03. The van der Waals surface area contributed by atoms with Gasteiger partial charge in [-0.3, -0.25) is 14.4 Å². The molecule has 0 spiro atoms. The normalized spacial score (nSPS) is 13.7. The van der Waals surface area contributed by atoms with Gasteiger partial charge in [-0.25, -0.2) is 0 Å². The molecule has 0 saturated carbocycles. The van der Waals surface area contributed by atoms with Crippen LogP contribution in [0.15, 0.2) is 54.6 Å². The number of nitrogens with zero attached hydrogens (tertiary/aromatic N) is 2. The van der Waals surface area contributed by atoms with E-state index in [4.69, 9.17) is 4.74 Å². The molecule has 1 N–H and O–H groups in total. The number of amides is 3. The SMILES string of the molecule is CC(=O)N1CCN(C(=O)CC(=O)Nc2ccc(OCc3ccccc3)cc2)CC1. The zero-order valence-electron chi connectivity index (χ0n) is 16.5. The number of carbonyl (C=O) groups excluding carboxylic acids is 3. The molecule has 1 saturated heterocycles. The number of piperazine rings is 1. The van der Waals surface area contributed by atoms with E-state index in [-0.39, 0.29) is 24.1 Å². The Kier molecular flexibility index (Phi) is 6.84. The van der Waals surface area contributed by atoms with E-state index in [0.717, 1.165) is 5.56 Å². The zero-order valence-corrected chi connectivity index (χ0v) is 16.5. The van der Waals surface area contributed by atoms with Crippen molar-refractivity contribution in [1.82, 2.24) is 9.80 Å². The Bertz CT molecular complexity index is 844. The highest BCUT2D eigenvalue weighted by atomic mass is 16.5. The first-order valence-corrected chi connectivity index (χ1v) is 9.61. The third-order valence-electron chi connectivity index (χ3n) is 4.78. The molecule has 152 valence electrons. The van der Waals surface area contributed by atoms with Crippen LogP contribution in [0.4, 0.5) is 5.69 Å². The van der Waals surface area contributed by atoms with Gasteiger partial charge in [0.25, 0.3) is 0 Å². The first-order chi connectivity index (χ1) is 14.0. The maximum atomic E-state index is 12.3. The van der Waals surface area contributed by atoms with E-state index < -0.39 is 0 Å². The van der Waals surface area contributed by atoms with Gasteiger partial charge in [-0.15, -0.1) is 0 Å². The van der Waals surface area contributed by atoms with Gasteiger partial charge in [0.05, 0.1) is 0 Å².